The van der Waals surface area contributed by atoms with E-state index in [1.165, 1.54) is 4.90 Å². The summed E-state index contributed by atoms with van der Waals surface area (Å²) in [7, 11) is 1.55. The predicted octanol–water partition coefficient (Wildman–Crippen LogP) is 2.16. The Morgan fingerprint density at radius 2 is 2.08 bits per heavy atom. The van der Waals surface area contributed by atoms with Crippen molar-refractivity contribution in [3.05, 3.63) is 41.7 Å². The Morgan fingerprint density at radius 3 is 2.71 bits per heavy atom. The van der Waals surface area contributed by atoms with Crippen LogP contribution in [0.1, 0.15) is 18.2 Å². The van der Waals surface area contributed by atoms with E-state index in [2.05, 4.69) is 10.5 Å². The number of rotatable bonds is 6. The number of carbonyl (C=O) groups is 2. The average Bonchev–Trinajstić information content (AvgIpc) is 2.91. The van der Waals surface area contributed by atoms with Crippen molar-refractivity contribution in [2.45, 2.75) is 26.9 Å². The maximum atomic E-state index is 12.3. The Hall–Kier alpha value is -2.83. The number of likely N-dealkylation sites (N-methyl/N-ethyl adjacent to an activating group) is 1. The number of ether oxygens (including phenoxy) is 1. The minimum atomic E-state index is -0.695. The Bertz CT molecular complexity index is 726. The summed E-state index contributed by atoms with van der Waals surface area (Å²) >= 11 is 0. The van der Waals surface area contributed by atoms with Gasteiger partial charge in [0.25, 0.3) is 5.91 Å². The third-order valence-electron chi connectivity index (χ3n) is 3.30. The van der Waals surface area contributed by atoms with Gasteiger partial charge in [0.1, 0.15) is 11.5 Å². The van der Waals surface area contributed by atoms with Crippen LogP contribution in [0, 0.1) is 13.8 Å². The molecule has 0 spiro atoms. The van der Waals surface area contributed by atoms with Gasteiger partial charge in [0.2, 0.25) is 5.91 Å². The number of nitrogens with zero attached hydrogens (tertiary/aromatic N) is 2. The summed E-state index contributed by atoms with van der Waals surface area (Å²) in [5.74, 6) is 0.883. The summed E-state index contributed by atoms with van der Waals surface area (Å²) in [5, 5.41) is 6.24. The molecule has 0 fully saturated rings. The Morgan fingerprint density at radius 1 is 1.33 bits per heavy atom. The van der Waals surface area contributed by atoms with Crippen LogP contribution >= 0.6 is 0 Å². The van der Waals surface area contributed by atoms with Crippen LogP contribution in [0.2, 0.25) is 0 Å². The van der Waals surface area contributed by atoms with Crippen LogP contribution in [0.3, 0.4) is 0 Å². The highest BCUT2D eigenvalue weighted by Gasteiger charge is 2.21. The van der Waals surface area contributed by atoms with Gasteiger partial charge in [-0.1, -0.05) is 17.3 Å². The molecule has 0 aliphatic carbocycles. The minimum Gasteiger partial charge on any atom is -0.481 e. The van der Waals surface area contributed by atoms with Gasteiger partial charge in [-0.3, -0.25) is 9.59 Å². The molecule has 7 heteroatoms. The van der Waals surface area contributed by atoms with Crippen molar-refractivity contribution in [3.8, 4) is 5.75 Å². The maximum Gasteiger partial charge on any atom is 0.263 e. The smallest absolute Gasteiger partial charge is 0.263 e. The highest BCUT2D eigenvalue weighted by molar-refractivity contribution is 5.94. The maximum absolute atomic E-state index is 12.3. The molecule has 0 aliphatic heterocycles. The van der Waals surface area contributed by atoms with Crippen LogP contribution in [-0.2, 0) is 9.59 Å². The lowest BCUT2D eigenvalue weighted by Gasteiger charge is -2.21. The van der Waals surface area contributed by atoms with E-state index in [1.54, 1.807) is 33.0 Å². The predicted molar refractivity (Wildman–Crippen MR) is 88.8 cm³/mol. The van der Waals surface area contributed by atoms with E-state index >= 15 is 0 Å². The molecule has 1 unspecified atom stereocenters. The van der Waals surface area contributed by atoms with Crippen LogP contribution in [-0.4, -0.2) is 41.6 Å². The summed E-state index contributed by atoms with van der Waals surface area (Å²) in [6.45, 7) is 5.22. The number of carbonyl (C=O) groups excluding carboxylic acids is 2. The van der Waals surface area contributed by atoms with Crippen LogP contribution in [0.5, 0.6) is 5.75 Å². The number of aryl methyl sites for hydroxylation is 2. The Kier molecular flexibility index (Phi) is 5.57. The second kappa shape index (κ2) is 7.63. The molecule has 0 radical (unpaired) electrons. The second-order valence-corrected chi connectivity index (χ2v) is 5.64. The molecular weight excluding hydrogens is 310 g/mol. The molecule has 0 saturated heterocycles. The van der Waals surface area contributed by atoms with Crippen molar-refractivity contribution < 1.29 is 18.8 Å². The first-order chi connectivity index (χ1) is 11.3. The van der Waals surface area contributed by atoms with Gasteiger partial charge in [-0.15, -0.1) is 0 Å². The lowest BCUT2D eigenvalue weighted by molar-refractivity contribution is -0.139. The lowest BCUT2D eigenvalue weighted by Crippen LogP contribution is -2.42. The summed E-state index contributed by atoms with van der Waals surface area (Å²) in [5.41, 5.74) is 1.04. The molecule has 1 aromatic heterocycles. The first kappa shape index (κ1) is 17.5. The number of anilines is 1. The fraction of sp³-hybridized carbons (Fsp3) is 0.353. The topological polar surface area (TPSA) is 84.7 Å². The monoisotopic (exact) mass is 331 g/mol. The van der Waals surface area contributed by atoms with Crippen molar-refractivity contribution in [3.63, 3.8) is 0 Å². The standard InChI is InChI=1S/C17H21N3O4/c1-11-6-5-7-14(8-11)23-13(3)17(22)20(4)10-16(21)18-15-9-12(2)24-19-15/h5-9,13H,10H2,1-4H3,(H,18,19,21). The van der Waals surface area contributed by atoms with E-state index in [0.717, 1.165) is 5.56 Å². The molecule has 2 aromatic rings. The van der Waals surface area contributed by atoms with Crippen molar-refractivity contribution in [1.82, 2.24) is 10.1 Å². The van der Waals surface area contributed by atoms with E-state index in [0.29, 0.717) is 17.3 Å². The highest BCUT2D eigenvalue weighted by Crippen LogP contribution is 2.15. The number of aromatic nitrogens is 1. The molecule has 0 aliphatic rings. The van der Waals surface area contributed by atoms with E-state index in [4.69, 9.17) is 9.26 Å². The molecule has 0 bridgehead atoms. The van der Waals surface area contributed by atoms with Gasteiger partial charge in [0, 0.05) is 13.1 Å². The van der Waals surface area contributed by atoms with Gasteiger partial charge in [0.05, 0.1) is 6.54 Å². The highest BCUT2D eigenvalue weighted by atomic mass is 16.5. The SMILES string of the molecule is Cc1cccc(OC(C)C(=O)N(C)CC(=O)Nc2cc(C)on2)c1. The molecule has 128 valence electrons. The fourth-order valence-corrected chi connectivity index (χ4v) is 2.15. The number of hydrogen-bond donors (Lipinski definition) is 1. The van der Waals surface area contributed by atoms with E-state index in [1.807, 2.05) is 25.1 Å². The first-order valence-corrected chi connectivity index (χ1v) is 7.56. The number of nitrogens with one attached hydrogen (secondary N) is 1. The molecule has 1 N–H and O–H groups in total. The fourth-order valence-electron chi connectivity index (χ4n) is 2.15. The molecule has 24 heavy (non-hydrogen) atoms. The normalized spacial score (nSPS) is 11.7. The number of hydrogen-bond acceptors (Lipinski definition) is 5. The Labute approximate surface area is 140 Å². The molecule has 0 saturated carbocycles. The molecule has 2 amide bonds. The van der Waals surface area contributed by atoms with Gasteiger partial charge < -0.3 is 19.5 Å². The van der Waals surface area contributed by atoms with Crippen molar-refractivity contribution >= 4 is 17.6 Å². The summed E-state index contributed by atoms with van der Waals surface area (Å²) in [6.07, 6.45) is -0.695. The molecule has 1 atom stereocenters. The number of benzene rings is 1. The van der Waals surface area contributed by atoms with E-state index in [9.17, 15) is 9.59 Å². The zero-order valence-electron chi connectivity index (χ0n) is 14.2. The third kappa shape index (κ3) is 4.84. The second-order valence-electron chi connectivity index (χ2n) is 5.64. The third-order valence-corrected chi connectivity index (χ3v) is 3.30. The average molecular weight is 331 g/mol. The molecule has 1 aromatic carbocycles. The van der Waals surface area contributed by atoms with Crippen molar-refractivity contribution in [1.29, 1.82) is 0 Å². The van der Waals surface area contributed by atoms with E-state index in [-0.39, 0.29) is 18.4 Å². The number of amides is 2. The van der Waals surface area contributed by atoms with Crippen LogP contribution in [0.4, 0.5) is 5.82 Å². The molecule has 1 heterocycles. The van der Waals surface area contributed by atoms with Gasteiger partial charge in [-0.2, -0.15) is 0 Å². The van der Waals surface area contributed by atoms with Gasteiger partial charge in [0.15, 0.2) is 11.9 Å². The van der Waals surface area contributed by atoms with Crippen LogP contribution < -0.4 is 10.1 Å². The summed E-state index contributed by atoms with van der Waals surface area (Å²) in [6, 6.07) is 9.04. The van der Waals surface area contributed by atoms with Crippen LogP contribution in [0.15, 0.2) is 34.9 Å². The van der Waals surface area contributed by atoms with Crippen molar-refractivity contribution in [2.75, 3.05) is 18.9 Å². The van der Waals surface area contributed by atoms with E-state index < -0.39 is 6.10 Å². The molecule has 7 nitrogen and oxygen atoms in total. The van der Waals surface area contributed by atoms with Crippen LogP contribution in [0.25, 0.3) is 0 Å². The first-order valence-electron chi connectivity index (χ1n) is 7.56. The van der Waals surface area contributed by atoms with Crippen molar-refractivity contribution in [2.24, 2.45) is 0 Å². The minimum absolute atomic E-state index is 0.105. The molecule has 2 rings (SSSR count). The molecular formula is C17H21N3O4. The largest absolute Gasteiger partial charge is 0.481 e. The quantitative estimate of drug-likeness (QED) is 0.877. The zero-order chi connectivity index (χ0) is 17.7. The van der Waals surface area contributed by atoms with Gasteiger partial charge in [-0.05, 0) is 38.5 Å². The summed E-state index contributed by atoms with van der Waals surface area (Å²) < 4.78 is 10.5. The lowest BCUT2D eigenvalue weighted by atomic mass is 10.2. The zero-order valence-corrected chi connectivity index (χ0v) is 14.2. The summed E-state index contributed by atoms with van der Waals surface area (Å²) in [4.78, 5) is 25.6. The van der Waals surface area contributed by atoms with Gasteiger partial charge in [-0.25, -0.2) is 0 Å². The van der Waals surface area contributed by atoms with Gasteiger partial charge >= 0.3 is 0 Å². The Balaban J connectivity index is 1.87.